The first-order chi connectivity index (χ1) is 24.1. The fourth-order valence-corrected chi connectivity index (χ4v) is 10.9. The van der Waals surface area contributed by atoms with Gasteiger partial charge in [0.25, 0.3) is 0 Å². The molecule has 2 heterocycles. The van der Waals surface area contributed by atoms with Crippen LogP contribution in [0.5, 0.6) is 0 Å². The van der Waals surface area contributed by atoms with Gasteiger partial charge in [0.1, 0.15) is 0 Å². The first kappa shape index (κ1) is 28.8. The molecule has 0 aliphatic heterocycles. The van der Waals surface area contributed by atoms with E-state index >= 15 is 0 Å². The van der Waals surface area contributed by atoms with Crippen LogP contribution in [0.15, 0.2) is 115 Å². The van der Waals surface area contributed by atoms with E-state index in [1.165, 1.54) is 64.4 Å². The number of benzene rings is 5. The smallest absolute Gasteiger partial charge is 0.164 e. The third kappa shape index (κ3) is 4.89. The molecular formula is C44H34N4S. The van der Waals surface area contributed by atoms with E-state index in [4.69, 9.17) is 15.0 Å². The Morgan fingerprint density at radius 2 is 1.14 bits per heavy atom. The summed E-state index contributed by atoms with van der Waals surface area (Å²) in [5.41, 5.74) is 7.86. The van der Waals surface area contributed by atoms with Crippen LogP contribution in [0.4, 0.5) is 0 Å². The van der Waals surface area contributed by atoms with E-state index in [0.717, 1.165) is 45.4 Å². The van der Waals surface area contributed by atoms with Crippen molar-refractivity contribution in [1.82, 2.24) is 15.0 Å². The molecule has 4 aliphatic rings. The maximum Gasteiger partial charge on any atom is 0.164 e. The largest absolute Gasteiger partial charge is 0.208 e. The van der Waals surface area contributed by atoms with Crippen LogP contribution >= 0.6 is 11.3 Å². The molecule has 4 aliphatic carbocycles. The van der Waals surface area contributed by atoms with Crippen molar-refractivity contribution in [2.24, 2.45) is 17.8 Å². The highest BCUT2D eigenvalue weighted by atomic mass is 32.1. The molecule has 236 valence electrons. The lowest BCUT2D eigenvalue weighted by atomic mass is 9.48. The van der Waals surface area contributed by atoms with Gasteiger partial charge in [-0.1, -0.05) is 97.1 Å². The van der Waals surface area contributed by atoms with Crippen LogP contribution in [-0.2, 0) is 5.41 Å². The summed E-state index contributed by atoms with van der Waals surface area (Å²) in [7, 11) is 0. The first-order valence-corrected chi connectivity index (χ1v) is 18.3. The van der Waals surface area contributed by atoms with Gasteiger partial charge < -0.3 is 0 Å². The monoisotopic (exact) mass is 650 g/mol. The molecule has 0 atom stereocenters. The molecule has 0 saturated heterocycles. The van der Waals surface area contributed by atoms with Crippen molar-refractivity contribution in [2.45, 2.75) is 43.9 Å². The molecule has 4 fully saturated rings. The molecule has 0 spiro atoms. The van der Waals surface area contributed by atoms with Gasteiger partial charge in [-0.3, -0.25) is 0 Å². The van der Waals surface area contributed by atoms with Gasteiger partial charge in [0.2, 0.25) is 0 Å². The summed E-state index contributed by atoms with van der Waals surface area (Å²) >= 11 is 1.78. The van der Waals surface area contributed by atoms with E-state index < -0.39 is 0 Å². The minimum absolute atomic E-state index is 0.369. The summed E-state index contributed by atoms with van der Waals surface area (Å²) in [6, 6.07) is 42.7. The van der Waals surface area contributed by atoms with Crippen LogP contribution in [0, 0.1) is 29.1 Å². The van der Waals surface area contributed by atoms with Gasteiger partial charge in [-0.05, 0) is 96.6 Å². The SMILES string of the molecule is N#Cc1ccc2sc3c(-c4ccc(-c5nc(-c6ccccc6)nc(-c6ccc(C78C[C@H]9C[C@H](C7)C[C@@H](C8)C9)cc6)n5)cc4)cccc3c2c1. The second-order valence-corrected chi connectivity index (χ2v) is 15.7. The van der Waals surface area contributed by atoms with Crippen molar-refractivity contribution < 1.29 is 0 Å². The third-order valence-electron chi connectivity index (χ3n) is 11.5. The fraction of sp³-hybridized carbons (Fsp3) is 0.227. The molecule has 5 aromatic carbocycles. The molecule has 4 nitrogen and oxygen atoms in total. The molecule has 0 unspecified atom stereocenters. The topological polar surface area (TPSA) is 62.5 Å². The van der Waals surface area contributed by atoms with Crippen LogP contribution in [0.2, 0.25) is 0 Å². The zero-order valence-electron chi connectivity index (χ0n) is 27.1. The zero-order valence-corrected chi connectivity index (χ0v) is 28.0. The Morgan fingerprint density at radius 3 is 1.76 bits per heavy atom. The van der Waals surface area contributed by atoms with E-state index in [1.807, 2.05) is 30.3 Å². The Hall–Kier alpha value is -5.18. The maximum atomic E-state index is 9.46. The summed E-state index contributed by atoms with van der Waals surface area (Å²) in [5, 5.41) is 11.8. The quantitative estimate of drug-likeness (QED) is 0.186. The van der Waals surface area contributed by atoms with Gasteiger partial charge in [-0.25, -0.2) is 15.0 Å². The van der Waals surface area contributed by atoms with E-state index in [9.17, 15) is 5.26 Å². The van der Waals surface area contributed by atoms with Crippen molar-refractivity contribution in [3.8, 4) is 51.4 Å². The number of thiophene rings is 1. The van der Waals surface area contributed by atoms with Gasteiger partial charge in [0.15, 0.2) is 17.5 Å². The Labute approximate surface area is 290 Å². The number of nitriles is 1. The van der Waals surface area contributed by atoms with Crippen LogP contribution in [0.1, 0.15) is 49.7 Å². The summed E-state index contributed by atoms with van der Waals surface area (Å²) in [5.74, 6) is 4.83. The second-order valence-electron chi connectivity index (χ2n) is 14.6. The number of nitrogens with zero attached hydrogens (tertiary/aromatic N) is 4. The number of fused-ring (bicyclic) bond motifs is 3. The van der Waals surface area contributed by atoms with Crippen LogP contribution < -0.4 is 0 Å². The highest BCUT2D eigenvalue weighted by Gasteiger charge is 2.51. The molecule has 0 amide bonds. The molecule has 2 aromatic heterocycles. The number of hydrogen-bond acceptors (Lipinski definition) is 5. The Morgan fingerprint density at radius 1 is 0.571 bits per heavy atom. The maximum absolute atomic E-state index is 9.46. The van der Waals surface area contributed by atoms with Crippen LogP contribution in [0.25, 0.3) is 65.5 Å². The van der Waals surface area contributed by atoms with Gasteiger partial charge >= 0.3 is 0 Å². The second kappa shape index (κ2) is 11.2. The summed E-state index contributed by atoms with van der Waals surface area (Å²) in [6.45, 7) is 0. The highest BCUT2D eigenvalue weighted by molar-refractivity contribution is 7.26. The normalized spacial score (nSPS) is 22.5. The Kier molecular flexibility index (Phi) is 6.57. The average Bonchev–Trinajstić information content (AvgIpc) is 3.53. The van der Waals surface area contributed by atoms with Crippen molar-refractivity contribution in [3.63, 3.8) is 0 Å². The van der Waals surface area contributed by atoms with Gasteiger partial charge in [-0.15, -0.1) is 11.3 Å². The van der Waals surface area contributed by atoms with E-state index in [-0.39, 0.29) is 0 Å². The number of rotatable bonds is 5. The fourth-order valence-electron chi connectivity index (χ4n) is 9.68. The minimum Gasteiger partial charge on any atom is -0.208 e. The molecule has 0 N–H and O–H groups in total. The number of hydrogen-bond donors (Lipinski definition) is 0. The van der Waals surface area contributed by atoms with Crippen molar-refractivity contribution in [1.29, 1.82) is 5.26 Å². The Balaban J connectivity index is 1.02. The zero-order chi connectivity index (χ0) is 32.5. The Bertz CT molecular complexity index is 2380. The number of aromatic nitrogens is 3. The van der Waals surface area contributed by atoms with E-state index in [1.54, 1.807) is 11.3 Å². The predicted molar refractivity (Wildman–Crippen MR) is 199 cm³/mol. The van der Waals surface area contributed by atoms with Crippen molar-refractivity contribution >= 4 is 31.5 Å². The van der Waals surface area contributed by atoms with Crippen LogP contribution in [0.3, 0.4) is 0 Å². The molecule has 5 heteroatoms. The highest BCUT2D eigenvalue weighted by Crippen LogP contribution is 2.60. The standard InChI is InChI=1S/C44H34N4S/c45-26-27-9-18-39-38(22-27)37-8-4-7-36(40(37)49-39)31-10-12-33(13-11-31)42-46-41(32-5-2-1-3-6-32)47-43(48-42)34-14-16-35(17-15-34)44-23-28-19-29(24-44)21-30(20-28)25-44/h1-18,22,28-30H,19-21,23-25H2/t28-,29-,30-,44?. The van der Waals surface area contributed by atoms with Crippen molar-refractivity contribution in [2.75, 3.05) is 0 Å². The molecule has 0 radical (unpaired) electrons. The van der Waals surface area contributed by atoms with E-state index in [2.05, 4.69) is 91.0 Å². The third-order valence-corrected chi connectivity index (χ3v) is 12.8. The van der Waals surface area contributed by atoms with Gasteiger partial charge in [0, 0.05) is 36.9 Å². The molecule has 7 aromatic rings. The first-order valence-electron chi connectivity index (χ1n) is 17.5. The average molecular weight is 651 g/mol. The van der Waals surface area contributed by atoms with Crippen LogP contribution in [-0.4, -0.2) is 15.0 Å². The lowest BCUT2D eigenvalue weighted by molar-refractivity contribution is -0.00518. The molecular weight excluding hydrogens is 617 g/mol. The summed E-state index contributed by atoms with van der Waals surface area (Å²) < 4.78 is 2.42. The lowest BCUT2D eigenvalue weighted by Crippen LogP contribution is -2.48. The van der Waals surface area contributed by atoms with E-state index in [0.29, 0.717) is 28.5 Å². The van der Waals surface area contributed by atoms with Gasteiger partial charge in [-0.2, -0.15) is 5.26 Å². The lowest BCUT2D eigenvalue weighted by Gasteiger charge is -2.57. The van der Waals surface area contributed by atoms with Crippen molar-refractivity contribution in [3.05, 3.63) is 126 Å². The van der Waals surface area contributed by atoms with Gasteiger partial charge in [0.05, 0.1) is 11.6 Å². The summed E-state index contributed by atoms with van der Waals surface area (Å²) in [6.07, 6.45) is 8.46. The predicted octanol–water partition coefficient (Wildman–Crippen LogP) is 11.2. The summed E-state index contributed by atoms with van der Waals surface area (Å²) in [4.78, 5) is 15.1. The molecule has 4 bridgehead atoms. The minimum atomic E-state index is 0.369. The molecule has 11 rings (SSSR count). The molecule has 49 heavy (non-hydrogen) atoms. The molecule has 4 saturated carbocycles.